The number of ether oxygens (including phenoxy) is 2. The van der Waals surface area contributed by atoms with E-state index < -0.39 is 0 Å². The zero-order chi connectivity index (χ0) is 29.2. The van der Waals surface area contributed by atoms with Crippen LogP contribution in [0.4, 0.5) is 5.69 Å². The summed E-state index contributed by atoms with van der Waals surface area (Å²) < 4.78 is 10.5. The number of carbonyl (C=O) groups excluding carboxylic acids is 1. The van der Waals surface area contributed by atoms with E-state index in [1.165, 1.54) is 46.6 Å². The summed E-state index contributed by atoms with van der Waals surface area (Å²) in [5.74, 6) is 1.90. The number of methoxy groups -OCH3 is 2. The maximum absolute atomic E-state index is 12.2. The van der Waals surface area contributed by atoms with Gasteiger partial charge in [-0.2, -0.15) is 0 Å². The smallest absolute Gasteiger partial charge is 0.337 e. The van der Waals surface area contributed by atoms with E-state index in [1.807, 2.05) is 36.0 Å². The molecule has 3 aromatic rings. The van der Waals surface area contributed by atoms with Gasteiger partial charge in [0.2, 0.25) is 0 Å². The van der Waals surface area contributed by atoms with E-state index in [0.717, 1.165) is 35.4 Å². The van der Waals surface area contributed by atoms with Crippen LogP contribution in [0.3, 0.4) is 0 Å². The van der Waals surface area contributed by atoms with Crippen molar-refractivity contribution in [3.8, 4) is 5.75 Å². The lowest BCUT2D eigenvalue weighted by Gasteiger charge is -2.37. The molecular formula is C37H37NO3S. The molecule has 0 amide bonds. The van der Waals surface area contributed by atoms with E-state index in [2.05, 4.69) is 85.6 Å². The fraction of sp³-hybridized carbons (Fsp3) is 0.270. The lowest BCUT2D eigenvalue weighted by Crippen LogP contribution is -2.25. The van der Waals surface area contributed by atoms with Crippen molar-refractivity contribution in [2.75, 3.05) is 26.2 Å². The SMILES string of the molecule is COC(=O)c1ccc(C(=C\C2=C(C3CC[C@@H]3C)CCc3cc(OC)ccc3S2)/C=C2\C=Cc3ccccc3N2C)cc1. The van der Waals surface area contributed by atoms with Crippen molar-refractivity contribution in [1.29, 1.82) is 0 Å². The van der Waals surface area contributed by atoms with Crippen LogP contribution < -0.4 is 9.64 Å². The van der Waals surface area contributed by atoms with Crippen LogP contribution in [0, 0.1) is 11.8 Å². The number of thioether (sulfide) groups is 1. The Morgan fingerprint density at radius 3 is 2.45 bits per heavy atom. The lowest BCUT2D eigenvalue weighted by molar-refractivity contribution is 0.0600. The van der Waals surface area contributed by atoms with Gasteiger partial charge in [0.25, 0.3) is 0 Å². The van der Waals surface area contributed by atoms with Crippen molar-refractivity contribution in [2.45, 2.75) is 37.5 Å². The zero-order valence-corrected chi connectivity index (χ0v) is 25.5. The number of para-hydroxylation sites is 1. The third-order valence-corrected chi connectivity index (χ3v) is 10.1. The quantitative estimate of drug-likeness (QED) is 0.274. The standard InChI is InChI=1S/C37H37NO3S/c1-24-9-18-32(24)33-19-15-28-22-31(40-3)17-20-35(28)42-36(33)23-29(25-10-12-27(13-11-25)37(39)41-4)21-30-16-14-26-7-5-6-8-34(26)38(30)2/h5-8,10-14,16-17,20-24,32H,9,15,18-19H2,1-4H3/b29-23-,30-21+/t24-,32?/m0/s1. The highest BCUT2D eigenvalue weighted by Crippen LogP contribution is 2.49. The molecule has 2 aliphatic heterocycles. The average molecular weight is 576 g/mol. The molecule has 1 unspecified atom stereocenters. The molecule has 2 atom stereocenters. The van der Waals surface area contributed by atoms with E-state index in [-0.39, 0.29) is 5.97 Å². The van der Waals surface area contributed by atoms with Crippen LogP contribution in [0.1, 0.15) is 53.2 Å². The van der Waals surface area contributed by atoms with Gasteiger partial charge in [0, 0.05) is 28.2 Å². The Morgan fingerprint density at radius 1 is 0.952 bits per heavy atom. The highest BCUT2D eigenvalue weighted by molar-refractivity contribution is 8.03. The first-order valence-electron chi connectivity index (χ1n) is 14.7. The molecule has 3 aromatic carbocycles. The van der Waals surface area contributed by atoms with Gasteiger partial charge >= 0.3 is 5.97 Å². The number of nitrogens with zero attached hydrogens (tertiary/aromatic N) is 1. The van der Waals surface area contributed by atoms with Crippen molar-refractivity contribution in [2.24, 2.45) is 11.8 Å². The molecule has 0 N–H and O–H groups in total. The van der Waals surface area contributed by atoms with E-state index in [9.17, 15) is 4.79 Å². The van der Waals surface area contributed by atoms with Crippen LogP contribution in [-0.4, -0.2) is 27.2 Å². The summed E-state index contributed by atoms with van der Waals surface area (Å²) in [7, 11) is 5.28. The van der Waals surface area contributed by atoms with Crippen molar-refractivity contribution in [1.82, 2.24) is 0 Å². The van der Waals surface area contributed by atoms with Crippen LogP contribution in [0.5, 0.6) is 5.75 Å². The summed E-state index contributed by atoms with van der Waals surface area (Å²) in [6.45, 7) is 2.39. The molecule has 214 valence electrons. The van der Waals surface area contributed by atoms with Gasteiger partial charge < -0.3 is 14.4 Å². The van der Waals surface area contributed by atoms with E-state index in [1.54, 1.807) is 12.7 Å². The summed E-state index contributed by atoms with van der Waals surface area (Å²) in [6.07, 6.45) is 13.6. The fourth-order valence-corrected chi connectivity index (χ4v) is 7.39. The lowest BCUT2D eigenvalue weighted by atomic mass is 9.69. The minimum Gasteiger partial charge on any atom is -0.497 e. The van der Waals surface area contributed by atoms with Crippen LogP contribution in [0.25, 0.3) is 11.6 Å². The van der Waals surface area contributed by atoms with Crippen molar-refractivity contribution < 1.29 is 14.3 Å². The van der Waals surface area contributed by atoms with Crippen LogP contribution in [0.15, 0.2) is 106 Å². The van der Waals surface area contributed by atoms with Gasteiger partial charge in [-0.05, 0) is 114 Å². The molecule has 3 aliphatic rings. The monoisotopic (exact) mass is 575 g/mol. The summed E-state index contributed by atoms with van der Waals surface area (Å²) in [5.41, 5.74) is 9.13. The molecule has 1 aliphatic carbocycles. The van der Waals surface area contributed by atoms with Crippen LogP contribution in [-0.2, 0) is 11.2 Å². The second-order valence-electron chi connectivity index (χ2n) is 11.3. The number of benzene rings is 3. The van der Waals surface area contributed by atoms with E-state index in [4.69, 9.17) is 9.47 Å². The van der Waals surface area contributed by atoms with E-state index >= 15 is 0 Å². The number of esters is 1. The number of anilines is 1. The number of aryl methyl sites for hydroxylation is 1. The number of carbonyl (C=O) groups is 1. The van der Waals surface area contributed by atoms with Gasteiger partial charge in [0.1, 0.15) is 5.75 Å². The first-order valence-corrected chi connectivity index (χ1v) is 15.5. The third-order valence-electron chi connectivity index (χ3n) is 8.88. The Morgan fingerprint density at radius 2 is 1.74 bits per heavy atom. The van der Waals surface area contributed by atoms with Crippen molar-refractivity contribution >= 4 is 35.1 Å². The largest absolute Gasteiger partial charge is 0.497 e. The maximum Gasteiger partial charge on any atom is 0.337 e. The molecule has 4 nitrogen and oxygen atoms in total. The number of hydrogen-bond acceptors (Lipinski definition) is 5. The molecule has 1 saturated carbocycles. The van der Waals surface area contributed by atoms with Crippen molar-refractivity contribution in [3.63, 3.8) is 0 Å². The van der Waals surface area contributed by atoms with Crippen LogP contribution >= 0.6 is 11.8 Å². The summed E-state index contributed by atoms with van der Waals surface area (Å²) in [5, 5.41) is 0. The Hall–Kier alpha value is -3.96. The van der Waals surface area contributed by atoms with E-state index in [0.29, 0.717) is 17.4 Å². The van der Waals surface area contributed by atoms with Gasteiger partial charge in [0.15, 0.2) is 0 Å². The minimum atomic E-state index is -0.327. The fourth-order valence-electron chi connectivity index (χ4n) is 6.16. The molecule has 0 saturated heterocycles. The highest BCUT2D eigenvalue weighted by Gasteiger charge is 2.33. The van der Waals surface area contributed by atoms with Gasteiger partial charge in [0.05, 0.1) is 19.8 Å². The number of hydrogen-bond donors (Lipinski definition) is 0. The number of likely N-dealkylation sites (N-methyl/N-ethyl adjacent to an activating group) is 1. The zero-order valence-electron chi connectivity index (χ0n) is 24.7. The second-order valence-corrected chi connectivity index (χ2v) is 12.4. The minimum absolute atomic E-state index is 0.327. The molecule has 0 bridgehead atoms. The van der Waals surface area contributed by atoms with Gasteiger partial charge in [-0.3, -0.25) is 0 Å². The number of fused-ring (bicyclic) bond motifs is 2. The second kappa shape index (κ2) is 12.1. The topological polar surface area (TPSA) is 38.8 Å². The Labute approximate surface area is 253 Å². The molecule has 0 aromatic heterocycles. The van der Waals surface area contributed by atoms with Crippen molar-refractivity contribution in [3.05, 3.63) is 123 Å². The highest BCUT2D eigenvalue weighted by atomic mass is 32.2. The first-order chi connectivity index (χ1) is 20.4. The predicted octanol–water partition coefficient (Wildman–Crippen LogP) is 8.95. The molecule has 5 heteroatoms. The normalized spacial score (nSPS) is 20.9. The molecule has 0 radical (unpaired) electrons. The maximum atomic E-state index is 12.2. The Kier molecular flexibility index (Phi) is 8.12. The molecule has 42 heavy (non-hydrogen) atoms. The predicted molar refractivity (Wildman–Crippen MR) is 174 cm³/mol. The summed E-state index contributed by atoms with van der Waals surface area (Å²) in [6, 6.07) is 22.7. The van der Waals surface area contributed by atoms with Gasteiger partial charge in [-0.25, -0.2) is 4.79 Å². The first kappa shape index (κ1) is 28.2. The summed E-state index contributed by atoms with van der Waals surface area (Å²) in [4.78, 5) is 17.1. The Balaban J connectivity index is 1.48. The van der Waals surface area contributed by atoms with Gasteiger partial charge in [-0.1, -0.05) is 60.7 Å². The molecule has 1 fully saturated rings. The molecular weight excluding hydrogens is 538 g/mol. The molecule has 2 heterocycles. The molecule has 6 rings (SSSR count). The van der Waals surface area contributed by atoms with Gasteiger partial charge in [-0.15, -0.1) is 0 Å². The Bertz CT molecular complexity index is 1630. The molecule has 0 spiro atoms. The number of allylic oxidation sites excluding steroid dienone is 5. The number of rotatable bonds is 6. The van der Waals surface area contributed by atoms with Crippen LogP contribution in [0.2, 0.25) is 0 Å². The average Bonchev–Trinajstić information content (AvgIpc) is 3.19. The third kappa shape index (κ3) is 5.58. The summed E-state index contributed by atoms with van der Waals surface area (Å²) >= 11 is 1.88.